The number of carbonyl (C=O) groups excluding carboxylic acids is 1. The van der Waals surface area contributed by atoms with E-state index in [1.54, 1.807) is 0 Å². The molecule has 1 aromatic rings. The summed E-state index contributed by atoms with van der Waals surface area (Å²) in [6.45, 7) is 4.75. The summed E-state index contributed by atoms with van der Waals surface area (Å²) in [5.74, 6) is 0.761. The van der Waals surface area contributed by atoms with Gasteiger partial charge >= 0.3 is 0 Å². The lowest BCUT2D eigenvalue weighted by atomic mass is 10.1. The molecule has 0 unspecified atom stereocenters. The van der Waals surface area contributed by atoms with Gasteiger partial charge in [-0.2, -0.15) is 0 Å². The van der Waals surface area contributed by atoms with Crippen LogP contribution in [0.3, 0.4) is 0 Å². The highest BCUT2D eigenvalue weighted by Crippen LogP contribution is 2.44. The normalized spacial score (nSPS) is 16.9. The number of tetrazole rings is 1. The van der Waals surface area contributed by atoms with E-state index >= 15 is 0 Å². The maximum Gasteiger partial charge on any atom is 0.241 e. The number of nitrogens with zero attached hydrogens (tertiary/aromatic N) is 4. The van der Waals surface area contributed by atoms with E-state index in [1.807, 2.05) is 13.8 Å². The van der Waals surface area contributed by atoms with Crippen molar-refractivity contribution in [3.63, 3.8) is 0 Å². The second-order valence-corrected chi connectivity index (χ2v) is 5.28. The Bertz CT molecular complexity index is 425. The number of carbonyl (C=O) groups is 1. The van der Waals surface area contributed by atoms with Gasteiger partial charge in [-0.1, -0.05) is 13.8 Å². The van der Waals surface area contributed by atoms with Crippen molar-refractivity contribution in [2.45, 2.75) is 39.2 Å². The maximum absolute atomic E-state index is 11.8. The average Bonchev–Trinajstić information content (AvgIpc) is 2.98. The summed E-state index contributed by atoms with van der Waals surface area (Å²) in [6.07, 6.45) is 1.96. The van der Waals surface area contributed by atoms with Crippen LogP contribution in [0.5, 0.6) is 0 Å². The molecule has 1 amide bonds. The summed E-state index contributed by atoms with van der Waals surface area (Å²) in [5.41, 5.74) is -0.0723. The zero-order valence-corrected chi connectivity index (χ0v) is 10.8. The van der Waals surface area contributed by atoms with Gasteiger partial charge < -0.3 is 10.4 Å². The molecule has 0 bridgehead atoms. The van der Waals surface area contributed by atoms with Gasteiger partial charge in [-0.3, -0.25) is 4.79 Å². The van der Waals surface area contributed by atoms with Crippen LogP contribution in [-0.2, 0) is 11.3 Å². The number of amides is 1. The van der Waals surface area contributed by atoms with Gasteiger partial charge in [-0.05, 0) is 23.3 Å². The third kappa shape index (κ3) is 2.84. The SMILES string of the molecule is CC(C)c1nnnn1CC(=O)NCC1(CO)CC1. The molecule has 2 rings (SSSR count). The van der Waals surface area contributed by atoms with E-state index in [4.69, 9.17) is 5.11 Å². The van der Waals surface area contributed by atoms with Gasteiger partial charge in [0.15, 0.2) is 5.82 Å². The fourth-order valence-corrected chi connectivity index (χ4v) is 1.78. The number of aromatic nitrogens is 4. The molecule has 0 spiro atoms. The lowest BCUT2D eigenvalue weighted by molar-refractivity contribution is -0.122. The number of hydrogen-bond acceptors (Lipinski definition) is 5. The van der Waals surface area contributed by atoms with Gasteiger partial charge in [0.1, 0.15) is 6.54 Å². The summed E-state index contributed by atoms with van der Waals surface area (Å²) in [5, 5.41) is 23.2. The van der Waals surface area contributed by atoms with Crippen molar-refractivity contribution >= 4 is 5.91 Å². The minimum absolute atomic E-state index is 0.0723. The first kappa shape index (κ1) is 12.9. The van der Waals surface area contributed by atoms with E-state index in [0.717, 1.165) is 12.8 Å². The van der Waals surface area contributed by atoms with Crippen LogP contribution in [-0.4, -0.2) is 44.4 Å². The Morgan fingerprint density at radius 2 is 2.28 bits per heavy atom. The van der Waals surface area contributed by atoms with Crippen molar-refractivity contribution < 1.29 is 9.90 Å². The minimum atomic E-state index is -0.121. The molecule has 100 valence electrons. The first-order valence-corrected chi connectivity index (χ1v) is 6.20. The highest BCUT2D eigenvalue weighted by molar-refractivity contribution is 5.75. The minimum Gasteiger partial charge on any atom is -0.396 e. The van der Waals surface area contributed by atoms with Crippen molar-refractivity contribution in [3.05, 3.63) is 5.82 Å². The van der Waals surface area contributed by atoms with Crippen molar-refractivity contribution in [3.8, 4) is 0 Å². The lowest BCUT2D eigenvalue weighted by Gasteiger charge is -2.13. The number of aliphatic hydroxyl groups is 1. The first-order chi connectivity index (χ1) is 8.56. The highest BCUT2D eigenvalue weighted by Gasteiger charge is 2.42. The van der Waals surface area contributed by atoms with Crippen LogP contribution in [0, 0.1) is 5.41 Å². The summed E-state index contributed by atoms with van der Waals surface area (Å²) >= 11 is 0. The summed E-state index contributed by atoms with van der Waals surface area (Å²) < 4.78 is 1.51. The Hall–Kier alpha value is -1.50. The molecule has 0 atom stereocenters. The van der Waals surface area contributed by atoms with Crippen molar-refractivity contribution in [1.29, 1.82) is 0 Å². The zero-order chi connectivity index (χ0) is 13.2. The molecule has 1 heterocycles. The topological polar surface area (TPSA) is 92.9 Å². The number of rotatable bonds is 6. The second-order valence-electron chi connectivity index (χ2n) is 5.28. The van der Waals surface area contributed by atoms with E-state index in [0.29, 0.717) is 12.4 Å². The van der Waals surface area contributed by atoms with Gasteiger partial charge in [0.2, 0.25) is 5.91 Å². The van der Waals surface area contributed by atoms with Crippen LogP contribution in [0.25, 0.3) is 0 Å². The summed E-state index contributed by atoms with van der Waals surface area (Å²) in [4.78, 5) is 11.8. The number of aliphatic hydroxyl groups excluding tert-OH is 1. The summed E-state index contributed by atoms with van der Waals surface area (Å²) in [6, 6.07) is 0. The fourth-order valence-electron chi connectivity index (χ4n) is 1.78. The van der Waals surface area contributed by atoms with Crippen LogP contribution in [0.2, 0.25) is 0 Å². The molecule has 0 aliphatic heterocycles. The molecule has 0 aromatic carbocycles. The molecule has 0 saturated heterocycles. The molecular weight excluding hydrogens is 234 g/mol. The zero-order valence-electron chi connectivity index (χ0n) is 10.8. The number of nitrogens with one attached hydrogen (secondary N) is 1. The molecule has 1 fully saturated rings. The predicted molar refractivity (Wildman–Crippen MR) is 63.7 cm³/mol. The van der Waals surface area contributed by atoms with Crippen LogP contribution < -0.4 is 5.32 Å². The Balaban J connectivity index is 1.85. The van der Waals surface area contributed by atoms with Gasteiger partial charge in [0, 0.05) is 17.9 Å². The van der Waals surface area contributed by atoms with Crippen molar-refractivity contribution in [2.24, 2.45) is 5.41 Å². The third-order valence-corrected chi connectivity index (χ3v) is 3.32. The third-order valence-electron chi connectivity index (χ3n) is 3.32. The first-order valence-electron chi connectivity index (χ1n) is 6.20. The smallest absolute Gasteiger partial charge is 0.241 e. The largest absolute Gasteiger partial charge is 0.396 e. The quantitative estimate of drug-likeness (QED) is 0.725. The monoisotopic (exact) mass is 253 g/mol. The molecule has 7 heteroatoms. The molecule has 2 N–H and O–H groups in total. The van der Waals surface area contributed by atoms with E-state index in [2.05, 4.69) is 20.8 Å². The van der Waals surface area contributed by atoms with Gasteiger partial charge in [0.25, 0.3) is 0 Å². The van der Waals surface area contributed by atoms with Crippen LogP contribution in [0.1, 0.15) is 38.4 Å². The molecule has 0 radical (unpaired) electrons. The maximum atomic E-state index is 11.8. The van der Waals surface area contributed by atoms with Crippen LogP contribution in [0.4, 0.5) is 0 Å². The Kier molecular flexibility index (Phi) is 3.60. The molecule has 1 aliphatic rings. The molecule has 1 saturated carbocycles. The Morgan fingerprint density at radius 1 is 1.56 bits per heavy atom. The van der Waals surface area contributed by atoms with Gasteiger partial charge in [0.05, 0.1) is 6.61 Å². The summed E-state index contributed by atoms with van der Waals surface area (Å²) in [7, 11) is 0. The number of hydrogen-bond donors (Lipinski definition) is 2. The van der Waals surface area contributed by atoms with Gasteiger partial charge in [-0.15, -0.1) is 5.10 Å². The molecule has 1 aromatic heterocycles. The standard InChI is InChI=1S/C11H19N5O2/c1-8(2)10-13-14-15-16(10)5-9(18)12-6-11(7-17)3-4-11/h8,17H,3-7H2,1-2H3,(H,12,18). The molecular formula is C11H19N5O2. The molecule has 18 heavy (non-hydrogen) atoms. The lowest BCUT2D eigenvalue weighted by Crippen LogP contribution is -2.34. The van der Waals surface area contributed by atoms with Gasteiger partial charge in [-0.25, -0.2) is 4.68 Å². The van der Waals surface area contributed by atoms with E-state index in [9.17, 15) is 4.79 Å². The van der Waals surface area contributed by atoms with E-state index in [-0.39, 0.29) is 30.4 Å². The van der Waals surface area contributed by atoms with Crippen molar-refractivity contribution in [2.75, 3.05) is 13.2 Å². The highest BCUT2D eigenvalue weighted by atomic mass is 16.3. The Labute approximate surface area is 106 Å². The van der Waals surface area contributed by atoms with Crippen molar-refractivity contribution in [1.82, 2.24) is 25.5 Å². The van der Waals surface area contributed by atoms with E-state index in [1.165, 1.54) is 4.68 Å². The molecule has 1 aliphatic carbocycles. The Morgan fingerprint density at radius 3 is 2.83 bits per heavy atom. The predicted octanol–water partition coefficient (Wildman–Crippen LogP) is -0.315. The van der Waals surface area contributed by atoms with E-state index < -0.39 is 0 Å². The molecule has 7 nitrogen and oxygen atoms in total. The van der Waals surface area contributed by atoms with Crippen LogP contribution in [0.15, 0.2) is 0 Å². The fraction of sp³-hybridized carbons (Fsp3) is 0.818. The average molecular weight is 253 g/mol. The van der Waals surface area contributed by atoms with Crippen LogP contribution >= 0.6 is 0 Å². The second kappa shape index (κ2) is 5.01.